The molecule has 1 aliphatic carbocycles. The molecular formula is C16H20BrNO. The van der Waals surface area contributed by atoms with Crippen LogP contribution >= 0.6 is 15.9 Å². The zero-order chi connectivity index (χ0) is 13.3. The number of hydrogen-bond donors (Lipinski definition) is 0. The molecule has 1 fully saturated rings. The normalized spacial score (nSPS) is 21.5. The Morgan fingerprint density at radius 1 is 1.16 bits per heavy atom. The third-order valence-corrected chi connectivity index (χ3v) is 5.82. The molecule has 0 saturated heterocycles. The lowest BCUT2D eigenvalue weighted by Gasteiger charge is -2.37. The van der Waals surface area contributed by atoms with Crippen molar-refractivity contribution >= 4 is 27.5 Å². The van der Waals surface area contributed by atoms with Gasteiger partial charge >= 0.3 is 0 Å². The molecule has 0 atom stereocenters. The van der Waals surface area contributed by atoms with Crippen LogP contribution in [-0.4, -0.2) is 17.8 Å². The molecule has 2 aliphatic rings. The summed E-state index contributed by atoms with van der Waals surface area (Å²) >= 11 is 3.68. The second-order valence-corrected chi connectivity index (χ2v) is 6.51. The number of hydrogen-bond acceptors (Lipinski definition) is 1. The Kier molecular flexibility index (Phi) is 3.66. The van der Waals surface area contributed by atoms with Crippen molar-refractivity contribution in [1.29, 1.82) is 0 Å². The number of carbonyl (C=O) groups excluding carboxylic acids is 1. The Morgan fingerprint density at radius 2 is 1.89 bits per heavy atom. The molecule has 1 saturated carbocycles. The van der Waals surface area contributed by atoms with Gasteiger partial charge < -0.3 is 4.90 Å². The lowest BCUT2D eigenvalue weighted by Crippen LogP contribution is -2.43. The van der Waals surface area contributed by atoms with E-state index in [0.717, 1.165) is 24.0 Å². The molecule has 0 bridgehead atoms. The maximum Gasteiger partial charge on any atom is 0.227 e. The van der Waals surface area contributed by atoms with Crippen LogP contribution in [0.3, 0.4) is 0 Å². The summed E-state index contributed by atoms with van der Waals surface area (Å²) in [6.07, 6.45) is 6.64. The molecule has 1 amide bonds. The topological polar surface area (TPSA) is 20.3 Å². The first-order valence-electron chi connectivity index (χ1n) is 7.18. The molecule has 102 valence electrons. The number of benzene rings is 1. The van der Waals surface area contributed by atoms with Crippen molar-refractivity contribution < 1.29 is 4.79 Å². The molecule has 0 radical (unpaired) electrons. The molecule has 0 spiro atoms. The van der Waals surface area contributed by atoms with Crippen molar-refractivity contribution in [3.8, 4) is 0 Å². The van der Waals surface area contributed by atoms with Crippen LogP contribution < -0.4 is 4.90 Å². The summed E-state index contributed by atoms with van der Waals surface area (Å²) in [7, 11) is 0. The number of halogens is 1. The highest BCUT2D eigenvalue weighted by Gasteiger charge is 2.37. The van der Waals surface area contributed by atoms with E-state index in [2.05, 4.69) is 34.1 Å². The second-order valence-electron chi connectivity index (χ2n) is 5.95. The van der Waals surface area contributed by atoms with E-state index in [1.165, 1.54) is 31.2 Å². The van der Waals surface area contributed by atoms with Crippen LogP contribution in [0.4, 0.5) is 5.69 Å². The first-order chi connectivity index (χ1) is 9.24. The van der Waals surface area contributed by atoms with Crippen LogP contribution in [-0.2, 0) is 11.2 Å². The van der Waals surface area contributed by atoms with Crippen molar-refractivity contribution in [2.75, 3.05) is 16.8 Å². The minimum atomic E-state index is 0.292. The maximum atomic E-state index is 12.3. The van der Waals surface area contributed by atoms with Gasteiger partial charge in [0.25, 0.3) is 0 Å². The zero-order valence-electron chi connectivity index (χ0n) is 11.2. The van der Waals surface area contributed by atoms with Crippen LogP contribution in [0, 0.1) is 5.41 Å². The van der Waals surface area contributed by atoms with E-state index in [-0.39, 0.29) is 0 Å². The largest absolute Gasteiger partial charge is 0.312 e. The molecule has 1 aromatic rings. The summed E-state index contributed by atoms with van der Waals surface area (Å²) in [6, 6.07) is 8.37. The highest BCUT2D eigenvalue weighted by molar-refractivity contribution is 9.09. The average molecular weight is 322 g/mol. The van der Waals surface area contributed by atoms with Crippen LogP contribution in [0.15, 0.2) is 24.3 Å². The van der Waals surface area contributed by atoms with Gasteiger partial charge in [0.2, 0.25) is 5.91 Å². The molecule has 0 aromatic heterocycles. The summed E-state index contributed by atoms with van der Waals surface area (Å²) in [5, 5.41) is 1.01. The molecule has 2 nitrogen and oxygen atoms in total. The van der Waals surface area contributed by atoms with E-state index in [0.29, 0.717) is 17.7 Å². The third kappa shape index (κ3) is 2.45. The maximum absolute atomic E-state index is 12.3. The quantitative estimate of drug-likeness (QED) is 0.773. The Balaban J connectivity index is 1.89. The summed E-state index contributed by atoms with van der Waals surface area (Å²) in [4.78, 5) is 14.4. The molecule has 0 unspecified atom stereocenters. The first kappa shape index (κ1) is 13.2. The van der Waals surface area contributed by atoms with Gasteiger partial charge in [0, 0.05) is 24.0 Å². The molecule has 1 heterocycles. The van der Waals surface area contributed by atoms with E-state index >= 15 is 0 Å². The molecule has 1 aliphatic heterocycles. The van der Waals surface area contributed by atoms with Gasteiger partial charge in [-0.1, -0.05) is 47.0 Å². The number of fused-ring (bicyclic) bond motifs is 1. The van der Waals surface area contributed by atoms with E-state index in [9.17, 15) is 4.79 Å². The first-order valence-corrected chi connectivity index (χ1v) is 8.30. The summed E-state index contributed by atoms with van der Waals surface area (Å²) in [5.74, 6) is 0.297. The highest BCUT2D eigenvalue weighted by Crippen LogP contribution is 2.42. The predicted molar refractivity (Wildman–Crippen MR) is 81.8 cm³/mol. The fourth-order valence-electron chi connectivity index (χ4n) is 3.46. The van der Waals surface area contributed by atoms with Gasteiger partial charge in [0.15, 0.2) is 0 Å². The third-order valence-electron chi connectivity index (χ3n) is 4.63. The average Bonchev–Trinajstić information content (AvgIpc) is 2.91. The molecule has 3 heteroatoms. The van der Waals surface area contributed by atoms with Crippen LogP contribution in [0.5, 0.6) is 0 Å². The number of aryl methyl sites for hydroxylation is 1. The monoisotopic (exact) mass is 321 g/mol. The molecule has 19 heavy (non-hydrogen) atoms. The van der Waals surface area contributed by atoms with E-state index in [1.54, 1.807) is 0 Å². The van der Waals surface area contributed by atoms with Gasteiger partial charge in [-0.25, -0.2) is 0 Å². The molecule has 1 aromatic carbocycles. The highest BCUT2D eigenvalue weighted by atomic mass is 79.9. The predicted octanol–water partition coefficient (Wildman–Crippen LogP) is 3.92. The van der Waals surface area contributed by atoms with Crippen molar-refractivity contribution in [2.45, 2.75) is 38.5 Å². The standard InChI is InChI=1S/C16H20BrNO/c17-11-16(9-3-4-10-16)12-18-14-6-2-1-5-13(14)7-8-15(18)19/h1-2,5-6H,3-4,7-12H2. The van der Waals surface area contributed by atoms with Crippen LogP contribution in [0.25, 0.3) is 0 Å². The van der Waals surface area contributed by atoms with E-state index in [4.69, 9.17) is 0 Å². The van der Waals surface area contributed by atoms with Gasteiger partial charge in [0.05, 0.1) is 0 Å². The molecule has 0 N–H and O–H groups in total. The number of anilines is 1. The number of para-hydroxylation sites is 1. The van der Waals surface area contributed by atoms with Crippen molar-refractivity contribution in [2.24, 2.45) is 5.41 Å². The Labute approximate surface area is 123 Å². The van der Waals surface area contributed by atoms with Gasteiger partial charge in [-0.3, -0.25) is 4.79 Å². The van der Waals surface area contributed by atoms with E-state index in [1.807, 2.05) is 11.0 Å². The zero-order valence-corrected chi connectivity index (χ0v) is 12.8. The van der Waals surface area contributed by atoms with Gasteiger partial charge in [0.1, 0.15) is 0 Å². The lowest BCUT2D eigenvalue weighted by molar-refractivity contribution is -0.119. The fraction of sp³-hybridized carbons (Fsp3) is 0.562. The SMILES string of the molecule is O=C1CCc2ccccc2N1CC1(CBr)CCCC1. The summed E-state index contributed by atoms with van der Waals surface area (Å²) < 4.78 is 0. The molecular weight excluding hydrogens is 302 g/mol. The number of nitrogens with zero attached hydrogens (tertiary/aromatic N) is 1. The minimum Gasteiger partial charge on any atom is -0.312 e. The van der Waals surface area contributed by atoms with Crippen LogP contribution in [0.1, 0.15) is 37.7 Å². The minimum absolute atomic E-state index is 0.292. The smallest absolute Gasteiger partial charge is 0.227 e. The summed E-state index contributed by atoms with van der Waals surface area (Å²) in [6.45, 7) is 0.883. The number of carbonyl (C=O) groups is 1. The Morgan fingerprint density at radius 3 is 2.63 bits per heavy atom. The van der Waals surface area contributed by atoms with Gasteiger partial charge in [-0.05, 0) is 36.3 Å². The van der Waals surface area contributed by atoms with Crippen LogP contribution in [0.2, 0.25) is 0 Å². The fourth-order valence-corrected chi connectivity index (χ4v) is 4.20. The van der Waals surface area contributed by atoms with Gasteiger partial charge in [-0.15, -0.1) is 0 Å². The number of amides is 1. The second kappa shape index (κ2) is 5.28. The van der Waals surface area contributed by atoms with Gasteiger partial charge in [-0.2, -0.15) is 0 Å². The summed E-state index contributed by atoms with van der Waals surface area (Å²) in [5.41, 5.74) is 2.76. The van der Waals surface area contributed by atoms with Crippen molar-refractivity contribution in [1.82, 2.24) is 0 Å². The number of rotatable bonds is 3. The van der Waals surface area contributed by atoms with Crippen molar-refractivity contribution in [3.05, 3.63) is 29.8 Å². The number of alkyl halides is 1. The molecule has 3 rings (SSSR count). The lowest BCUT2D eigenvalue weighted by atomic mass is 9.87. The Bertz CT molecular complexity index is 479. The van der Waals surface area contributed by atoms with Crippen molar-refractivity contribution in [3.63, 3.8) is 0 Å². The van der Waals surface area contributed by atoms with E-state index < -0.39 is 0 Å². The Hall–Kier alpha value is -0.830.